The molecule has 1 aliphatic rings. The second-order valence-corrected chi connectivity index (χ2v) is 8.94. The van der Waals surface area contributed by atoms with E-state index in [-0.39, 0.29) is 10.1 Å². The molecule has 1 saturated heterocycles. The van der Waals surface area contributed by atoms with Gasteiger partial charge in [-0.2, -0.15) is 0 Å². The molecule has 2 nitrogen and oxygen atoms in total. The summed E-state index contributed by atoms with van der Waals surface area (Å²) in [4.78, 5) is -0.0848. The van der Waals surface area contributed by atoms with Crippen LogP contribution in [0.5, 0.6) is 0 Å². The molecule has 2 rings (SSSR count). The van der Waals surface area contributed by atoms with Crippen LogP contribution in [0.1, 0.15) is 46.3 Å². The van der Waals surface area contributed by atoms with Crippen LogP contribution in [0.2, 0.25) is 0 Å². The summed E-state index contributed by atoms with van der Waals surface area (Å²) in [6, 6.07) is 4.26. The van der Waals surface area contributed by atoms with Crippen LogP contribution in [-0.4, -0.2) is 19.4 Å². The Kier molecular flexibility index (Phi) is 4.41. The molecule has 1 aliphatic heterocycles. The number of alkyl halides is 1. The van der Waals surface area contributed by atoms with Crippen molar-refractivity contribution in [3.63, 3.8) is 0 Å². The van der Waals surface area contributed by atoms with E-state index in [0.717, 1.165) is 24.8 Å². The van der Waals surface area contributed by atoms with E-state index < -0.39 is 9.84 Å². The predicted octanol–water partition coefficient (Wildman–Crippen LogP) is 4.02. The van der Waals surface area contributed by atoms with Gasteiger partial charge in [0.15, 0.2) is 9.84 Å². The maximum atomic E-state index is 12.3. The van der Waals surface area contributed by atoms with Crippen molar-refractivity contribution >= 4 is 25.8 Å². The van der Waals surface area contributed by atoms with Gasteiger partial charge in [-0.25, -0.2) is 8.42 Å². The fourth-order valence-corrected chi connectivity index (χ4v) is 7.03. The zero-order valence-corrected chi connectivity index (χ0v) is 14.1. The van der Waals surface area contributed by atoms with E-state index in [0.29, 0.717) is 5.75 Å². The molecule has 0 aliphatic carbocycles. The van der Waals surface area contributed by atoms with Crippen LogP contribution in [-0.2, 0) is 9.84 Å². The standard InChI is InChI=1S/C15H21BrO2S/c1-10-8-11(2)14(12(3)9-10)15(16)13-6-4-5-7-19(13,17)18/h8-9,13,15H,4-7H2,1-3H3. The van der Waals surface area contributed by atoms with Gasteiger partial charge in [0.2, 0.25) is 0 Å². The van der Waals surface area contributed by atoms with Crippen molar-refractivity contribution in [2.24, 2.45) is 0 Å². The van der Waals surface area contributed by atoms with Crippen molar-refractivity contribution in [2.75, 3.05) is 5.75 Å². The lowest BCUT2D eigenvalue weighted by atomic mass is 9.94. The van der Waals surface area contributed by atoms with Gasteiger partial charge in [-0.15, -0.1) is 0 Å². The van der Waals surface area contributed by atoms with Crippen LogP contribution in [0, 0.1) is 20.8 Å². The van der Waals surface area contributed by atoms with Crippen LogP contribution >= 0.6 is 15.9 Å². The third-order valence-electron chi connectivity index (χ3n) is 3.97. The Morgan fingerprint density at radius 2 is 1.74 bits per heavy atom. The highest BCUT2D eigenvalue weighted by Gasteiger charge is 2.36. The zero-order chi connectivity index (χ0) is 14.2. The highest BCUT2D eigenvalue weighted by molar-refractivity contribution is 9.09. The largest absolute Gasteiger partial charge is 0.228 e. The molecule has 0 radical (unpaired) electrons. The summed E-state index contributed by atoms with van der Waals surface area (Å²) >= 11 is 3.67. The number of rotatable bonds is 2. The fourth-order valence-electron chi connectivity index (χ4n) is 3.12. The van der Waals surface area contributed by atoms with Crippen LogP contribution in [0.3, 0.4) is 0 Å². The molecule has 1 heterocycles. The van der Waals surface area contributed by atoms with Crippen molar-refractivity contribution in [3.05, 3.63) is 34.4 Å². The molecule has 106 valence electrons. The van der Waals surface area contributed by atoms with Gasteiger partial charge in [-0.05, 0) is 50.3 Å². The Labute approximate surface area is 124 Å². The third kappa shape index (κ3) is 3.05. The van der Waals surface area contributed by atoms with Crippen LogP contribution < -0.4 is 0 Å². The molecule has 1 aromatic rings. The van der Waals surface area contributed by atoms with Crippen molar-refractivity contribution < 1.29 is 8.42 Å². The number of sulfone groups is 1. The van der Waals surface area contributed by atoms with E-state index in [2.05, 4.69) is 48.8 Å². The second-order valence-electron chi connectivity index (χ2n) is 5.62. The predicted molar refractivity (Wildman–Crippen MR) is 83.7 cm³/mol. The summed E-state index contributed by atoms with van der Waals surface area (Å²) in [7, 11) is -2.96. The third-order valence-corrected chi connectivity index (χ3v) is 7.70. The zero-order valence-electron chi connectivity index (χ0n) is 11.7. The highest BCUT2D eigenvalue weighted by atomic mass is 79.9. The summed E-state index contributed by atoms with van der Waals surface area (Å²) in [5, 5.41) is -0.277. The summed E-state index contributed by atoms with van der Waals surface area (Å²) in [6.07, 6.45) is 2.59. The number of hydrogen-bond donors (Lipinski definition) is 0. The number of hydrogen-bond acceptors (Lipinski definition) is 2. The normalized spacial score (nSPS) is 24.1. The van der Waals surface area contributed by atoms with Crippen molar-refractivity contribution in [1.29, 1.82) is 0 Å². The first-order valence-electron chi connectivity index (χ1n) is 6.76. The van der Waals surface area contributed by atoms with E-state index in [9.17, 15) is 8.42 Å². The van der Waals surface area contributed by atoms with E-state index in [4.69, 9.17) is 0 Å². The molecule has 0 N–H and O–H groups in total. The minimum Gasteiger partial charge on any atom is -0.228 e. The Morgan fingerprint density at radius 3 is 2.26 bits per heavy atom. The lowest BCUT2D eigenvalue weighted by Gasteiger charge is -2.28. The number of halogens is 1. The fraction of sp³-hybridized carbons (Fsp3) is 0.600. The van der Waals surface area contributed by atoms with Crippen LogP contribution in [0.25, 0.3) is 0 Å². The van der Waals surface area contributed by atoms with Gasteiger partial charge in [0.1, 0.15) is 0 Å². The Balaban J connectivity index is 2.42. The van der Waals surface area contributed by atoms with Crippen molar-refractivity contribution in [1.82, 2.24) is 0 Å². The van der Waals surface area contributed by atoms with E-state index in [1.165, 1.54) is 16.7 Å². The van der Waals surface area contributed by atoms with Crippen LogP contribution in [0.15, 0.2) is 12.1 Å². The van der Waals surface area contributed by atoms with Gasteiger partial charge in [-0.3, -0.25) is 0 Å². The molecule has 1 fully saturated rings. The summed E-state index contributed by atoms with van der Waals surface area (Å²) in [5.74, 6) is 0.337. The van der Waals surface area contributed by atoms with Crippen molar-refractivity contribution in [3.8, 4) is 0 Å². The topological polar surface area (TPSA) is 34.1 Å². The van der Waals surface area contributed by atoms with E-state index in [1.54, 1.807) is 0 Å². The molecule has 0 amide bonds. The number of benzene rings is 1. The first-order valence-corrected chi connectivity index (χ1v) is 9.39. The minimum absolute atomic E-state index is 0.0848. The lowest BCUT2D eigenvalue weighted by molar-refractivity contribution is 0.536. The molecule has 0 spiro atoms. The molecule has 0 saturated carbocycles. The van der Waals surface area contributed by atoms with E-state index >= 15 is 0 Å². The van der Waals surface area contributed by atoms with Gasteiger partial charge in [0, 0.05) is 0 Å². The SMILES string of the molecule is Cc1cc(C)c(C(Br)C2CCCCS2(=O)=O)c(C)c1. The summed E-state index contributed by atoms with van der Waals surface area (Å²) < 4.78 is 24.5. The molecule has 2 unspecified atom stereocenters. The molecule has 4 heteroatoms. The lowest BCUT2D eigenvalue weighted by Crippen LogP contribution is -2.32. The van der Waals surface area contributed by atoms with Gasteiger partial charge in [-0.1, -0.05) is 40.0 Å². The molecule has 19 heavy (non-hydrogen) atoms. The Morgan fingerprint density at radius 1 is 1.16 bits per heavy atom. The first-order chi connectivity index (χ1) is 8.83. The van der Waals surface area contributed by atoms with E-state index in [1.807, 2.05) is 0 Å². The quantitative estimate of drug-likeness (QED) is 0.759. The molecule has 0 aromatic heterocycles. The van der Waals surface area contributed by atoms with Gasteiger partial charge in [0.05, 0.1) is 15.8 Å². The van der Waals surface area contributed by atoms with Gasteiger partial charge < -0.3 is 0 Å². The highest BCUT2D eigenvalue weighted by Crippen LogP contribution is 2.39. The smallest absolute Gasteiger partial charge is 0.154 e. The first kappa shape index (κ1) is 15.0. The van der Waals surface area contributed by atoms with Crippen molar-refractivity contribution in [2.45, 2.75) is 50.1 Å². The van der Waals surface area contributed by atoms with Gasteiger partial charge >= 0.3 is 0 Å². The maximum absolute atomic E-state index is 12.3. The average molecular weight is 345 g/mol. The monoisotopic (exact) mass is 344 g/mol. The van der Waals surface area contributed by atoms with Crippen LogP contribution in [0.4, 0.5) is 0 Å². The minimum atomic E-state index is -2.96. The Hall–Kier alpha value is -0.350. The molecule has 2 atom stereocenters. The molecule has 1 aromatic carbocycles. The Bertz CT molecular complexity index is 555. The summed E-state index contributed by atoms with van der Waals surface area (Å²) in [5.41, 5.74) is 4.74. The average Bonchev–Trinajstić information content (AvgIpc) is 2.26. The van der Waals surface area contributed by atoms with Gasteiger partial charge in [0.25, 0.3) is 0 Å². The molecule has 0 bridgehead atoms. The molecular formula is C15H21BrO2S. The summed E-state index contributed by atoms with van der Waals surface area (Å²) in [6.45, 7) is 6.21. The molecular weight excluding hydrogens is 324 g/mol. The maximum Gasteiger partial charge on any atom is 0.154 e. The number of aryl methyl sites for hydroxylation is 3. The second kappa shape index (κ2) is 5.57.